The van der Waals surface area contributed by atoms with Gasteiger partial charge in [0.05, 0.1) is 10.5 Å². The van der Waals surface area contributed by atoms with Crippen LogP contribution in [0.2, 0.25) is 0 Å². The van der Waals surface area contributed by atoms with Crippen molar-refractivity contribution in [1.29, 1.82) is 0 Å². The van der Waals surface area contributed by atoms with E-state index in [9.17, 15) is 14.9 Å². The van der Waals surface area contributed by atoms with E-state index in [1.807, 2.05) is 13.8 Å². The van der Waals surface area contributed by atoms with Crippen molar-refractivity contribution in [3.63, 3.8) is 0 Å². The van der Waals surface area contributed by atoms with Gasteiger partial charge in [0.2, 0.25) is 0 Å². The number of carbonyl (C=O) groups is 1. The van der Waals surface area contributed by atoms with Gasteiger partial charge in [-0.25, -0.2) is 0 Å². The van der Waals surface area contributed by atoms with Crippen LogP contribution in [0.1, 0.15) is 36.2 Å². The molecule has 1 unspecified atom stereocenters. The Morgan fingerprint density at radius 2 is 2.11 bits per heavy atom. The quantitative estimate of drug-likeness (QED) is 0.513. The number of halogens is 1. The van der Waals surface area contributed by atoms with E-state index in [0.29, 0.717) is 12.0 Å². The normalized spacial score (nSPS) is 13.7. The lowest BCUT2D eigenvalue weighted by atomic mass is 10.0. The number of nitro groups is 1. The van der Waals surface area contributed by atoms with Crippen LogP contribution in [0.15, 0.2) is 18.2 Å². The molecule has 0 aliphatic rings. The summed E-state index contributed by atoms with van der Waals surface area (Å²) in [4.78, 5) is 22.4. The Morgan fingerprint density at radius 3 is 2.58 bits per heavy atom. The lowest BCUT2D eigenvalue weighted by Crippen LogP contribution is -2.47. The molecule has 1 aromatic rings. The molecule has 0 aromatic heterocycles. The van der Waals surface area contributed by atoms with Crippen LogP contribution < -0.4 is 5.32 Å². The standard InChI is InChI=1S/C13H17ClN2O3/c1-4-13(3,8-14)15-12(17)10-5-9(2)6-11(7-10)16(18)19/h5-7H,4,8H2,1-3H3,(H,15,17). The number of benzene rings is 1. The second-order valence-electron chi connectivity index (χ2n) is 4.82. The summed E-state index contributed by atoms with van der Waals surface area (Å²) >= 11 is 5.83. The summed E-state index contributed by atoms with van der Waals surface area (Å²) in [6, 6.07) is 4.32. The smallest absolute Gasteiger partial charge is 0.270 e. The average Bonchev–Trinajstić information content (AvgIpc) is 2.37. The second kappa shape index (κ2) is 6.02. The highest BCUT2D eigenvalue weighted by atomic mass is 35.5. The Kier molecular flexibility index (Phi) is 4.89. The molecule has 0 aliphatic heterocycles. The summed E-state index contributed by atoms with van der Waals surface area (Å²) in [5.74, 6) is -0.0693. The fraction of sp³-hybridized carbons (Fsp3) is 0.462. The Balaban J connectivity index is 3.03. The van der Waals surface area contributed by atoms with Crippen molar-refractivity contribution in [3.8, 4) is 0 Å². The minimum atomic E-state index is -0.517. The summed E-state index contributed by atoms with van der Waals surface area (Å²) in [6.07, 6.45) is 0.677. The van der Waals surface area contributed by atoms with Gasteiger partial charge in [-0.1, -0.05) is 6.92 Å². The molecule has 5 nitrogen and oxygen atoms in total. The summed E-state index contributed by atoms with van der Waals surface area (Å²) in [6.45, 7) is 5.47. The zero-order valence-electron chi connectivity index (χ0n) is 11.2. The molecule has 0 aliphatic carbocycles. The van der Waals surface area contributed by atoms with Crippen molar-refractivity contribution in [3.05, 3.63) is 39.4 Å². The molecule has 0 radical (unpaired) electrons. The van der Waals surface area contributed by atoms with Gasteiger partial charge in [0.15, 0.2) is 0 Å². The van der Waals surface area contributed by atoms with Gasteiger partial charge in [-0.3, -0.25) is 14.9 Å². The number of hydrogen-bond donors (Lipinski definition) is 1. The second-order valence-corrected chi connectivity index (χ2v) is 5.08. The van der Waals surface area contributed by atoms with Crippen molar-refractivity contribution in [1.82, 2.24) is 5.32 Å². The molecule has 104 valence electrons. The molecule has 19 heavy (non-hydrogen) atoms. The van der Waals surface area contributed by atoms with Crippen LogP contribution in [0.25, 0.3) is 0 Å². The SMILES string of the molecule is CCC(C)(CCl)NC(=O)c1cc(C)cc([N+](=O)[O-])c1. The van der Waals surface area contributed by atoms with E-state index in [-0.39, 0.29) is 23.0 Å². The van der Waals surface area contributed by atoms with E-state index in [4.69, 9.17) is 11.6 Å². The molecule has 0 saturated heterocycles. The van der Waals surface area contributed by atoms with Gasteiger partial charge < -0.3 is 5.32 Å². The predicted molar refractivity (Wildman–Crippen MR) is 74.7 cm³/mol. The maximum atomic E-state index is 12.1. The number of aryl methyl sites for hydroxylation is 1. The van der Waals surface area contributed by atoms with Gasteiger partial charge in [-0.05, 0) is 31.9 Å². The number of hydrogen-bond acceptors (Lipinski definition) is 3. The molecule has 0 saturated carbocycles. The average molecular weight is 285 g/mol. The molecule has 0 fully saturated rings. The zero-order valence-corrected chi connectivity index (χ0v) is 12.0. The Bertz CT molecular complexity index is 499. The highest BCUT2D eigenvalue weighted by molar-refractivity contribution is 6.18. The number of carbonyl (C=O) groups excluding carboxylic acids is 1. The van der Waals surface area contributed by atoms with Crippen LogP contribution in [0, 0.1) is 17.0 Å². The first-order valence-electron chi connectivity index (χ1n) is 5.96. The number of nitrogens with zero attached hydrogens (tertiary/aromatic N) is 1. The number of nitrogens with one attached hydrogen (secondary N) is 1. The maximum Gasteiger partial charge on any atom is 0.270 e. The zero-order chi connectivity index (χ0) is 14.6. The molecular weight excluding hydrogens is 268 g/mol. The minimum absolute atomic E-state index is 0.0887. The topological polar surface area (TPSA) is 72.2 Å². The van der Waals surface area contributed by atoms with E-state index in [2.05, 4.69) is 5.32 Å². The minimum Gasteiger partial charge on any atom is -0.346 e. The third-order valence-electron chi connectivity index (χ3n) is 3.03. The maximum absolute atomic E-state index is 12.1. The molecule has 1 N–H and O–H groups in total. The highest BCUT2D eigenvalue weighted by Gasteiger charge is 2.24. The lowest BCUT2D eigenvalue weighted by molar-refractivity contribution is -0.384. The first-order valence-corrected chi connectivity index (χ1v) is 6.49. The third kappa shape index (κ3) is 3.92. The van der Waals surface area contributed by atoms with Gasteiger partial charge in [-0.2, -0.15) is 0 Å². The molecule has 1 atom stereocenters. The van der Waals surface area contributed by atoms with Gasteiger partial charge in [0, 0.05) is 23.6 Å². The summed E-state index contributed by atoms with van der Waals surface area (Å²) in [5, 5.41) is 13.6. The van der Waals surface area contributed by atoms with E-state index in [1.165, 1.54) is 12.1 Å². The van der Waals surface area contributed by atoms with Crippen LogP contribution in [-0.4, -0.2) is 22.2 Å². The Labute approximate surface area is 117 Å². The van der Waals surface area contributed by atoms with Gasteiger partial charge in [-0.15, -0.1) is 11.6 Å². The predicted octanol–water partition coefficient (Wildman–Crippen LogP) is 3.04. The Hall–Kier alpha value is -1.62. The summed E-state index contributed by atoms with van der Waals surface area (Å²) in [7, 11) is 0. The van der Waals surface area contributed by atoms with E-state index < -0.39 is 10.5 Å². The molecular formula is C13H17ClN2O3. The van der Waals surface area contributed by atoms with Crippen molar-refractivity contribution in [2.45, 2.75) is 32.7 Å². The fourth-order valence-electron chi connectivity index (χ4n) is 1.56. The molecule has 0 heterocycles. The number of nitro benzene ring substituents is 1. The van der Waals surface area contributed by atoms with Gasteiger partial charge >= 0.3 is 0 Å². The first-order chi connectivity index (χ1) is 8.81. The van der Waals surface area contributed by atoms with Crippen LogP contribution >= 0.6 is 11.6 Å². The van der Waals surface area contributed by atoms with Crippen molar-refractivity contribution < 1.29 is 9.72 Å². The van der Waals surface area contributed by atoms with Gasteiger partial charge in [0.1, 0.15) is 0 Å². The van der Waals surface area contributed by atoms with E-state index in [0.717, 1.165) is 0 Å². The molecule has 1 aromatic carbocycles. The number of rotatable bonds is 5. The molecule has 0 bridgehead atoms. The number of amides is 1. The molecule has 1 rings (SSSR count). The van der Waals surface area contributed by atoms with Crippen LogP contribution in [-0.2, 0) is 0 Å². The number of non-ortho nitro benzene ring substituents is 1. The fourth-order valence-corrected chi connectivity index (χ4v) is 1.82. The lowest BCUT2D eigenvalue weighted by Gasteiger charge is -2.27. The third-order valence-corrected chi connectivity index (χ3v) is 3.62. The molecule has 0 spiro atoms. The van der Waals surface area contributed by atoms with Crippen LogP contribution in [0.3, 0.4) is 0 Å². The monoisotopic (exact) mass is 284 g/mol. The highest BCUT2D eigenvalue weighted by Crippen LogP contribution is 2.18. The molecule has 1 amide bonds. The van der Waals surface area contributed by atoms with Crippen LogP contribution in [0.5, 0.6) is 0 Å². The van der Waals surface area contributed by atoms with Crippen molar-refractivity contribution >= 4 is 23.2 Å². The Morgan fingerprint density at radius 1 is 1.47 bits per heavy atom. The number of alkyl halides is 1. The first kappa shape index (κ1) is 15.4. The summed E-state index contributed by atoms with van der Waals surface area (Å²) in [5.41, 5.74) is 0.339. The molecule has 6 heteroatoms. The summed E-state index contributed by atoms with van der Waals surface area (Å²) < 4.78 is 0. The van der Waals surface area contributed by atoms with Crippen LogP contribution in [0.4, 0.5) is 5.69 Å². The van der Waals surface area contributed by atoms with Crippen molar-refractivity contribution in [2.75, 3.05) is 5.88 Å². The van der Waals surface area contributed by atoms with Gasteiger partial charge in [0.25, 0.3) is 11.6 Å². The van der Waals surface area contributed by atoms with Crippen molar-refractivity contribution in [2.24, 2.45) is 0 Å². The largest absolute Gasteiger partial charge is 0.346 e. The van der Waals surface area contributed by atoms with E-state index >= 15 is 0 Å². The van der Waals surface area contributed by atoms with E-state index in [1.54, 1.807) is 13.0 Å².